The van der Waals surface area contributed by atoms with Crippen LogP contribution in [0.15, 0.2) is 24.4 Å². The molecular weight excluding hydrogens is 406 g/mol. The van der Waals surface area contributed by atoms with Gasteiger partial charge < -0.3 is 15.0 Å². The normalized spacial score (nSPS) is 23.6. The van der Waals surface area contributed by atoms with Crippen molar-refractivity contribution in [2.75, 3.05) is 19.7 Å². The Kier molecular flexibility index (Phi) is 5.88. The van der Waals surface area contributed by atoms with Crippen molar-refractivity contribution in [3.05, 3.63) is 35.0 Å². The van der Waals surface area contributed by atoms with E-state index in [9.17, 15) is 18.4 Å². The van der Waals surface area contributed by atoms with Crippen LogP contribution in [0, 0.1) is 16.7 Å². The van der Waals surface area contributed by atoms with Crippen molar-refractivity contribution < 1.29 is 23.1 Å². The van der Waals surface area contributed by atoms with Crippen LogP contribution >= 0.6 is 11.6 Å². The number of amides is 2. The second-order valence-electron chi connectivity index (χ2n) is 7.01. The van der Waals surface area contributed by atoms with Crippen LogP contribution in [0.3, 0.4) is 0 Å². The van der Waals surface area contributed by atoms with E-state index in [1.165, 1.54) is 12.3 Å². The lowest BCUT2D eigenvalue weighted by atomic mass is 9.65. The van der Waals surface area contributed by atoms with Gasteiger partial charge in [0, 0.05) is 19.3 Å². The molecule has 2 N–H and O–H groups in total. The summed E-state index contributed by atoms with van der Waals surface area (Å²) in [7, 11) is 0. The summed E-state index contributed by atoms with van der Waals surface area (Å²) in [6.45, 7) is 3.30. The molecular formula is C19H21ClF2N4O3. The van der Waals surface area contributed by atoms with Crippen LogP contribution in [-0.2, 0) is 9.59 Å². The first-order valence-electron chi connectivity index (χ1n) is 9.14. The van der Waals surface area contributed by atoms with Crippen LogP contribution in [0.1, 0.15) is 25.5 Å². The van der Waals surface area contributed by atoms with E-state index in [1.807, 2.05) is 0 Å². The summed E-state index contributed by atoms with van der Waals surface area (Å²) in [5.74, 6) is -1.35. The molecule has 0 spiro atoms. The summed E-state index contributed by atoms with van der Waals surface area (Å²) in [4.78, 5) is 30.6. The first kappa shape index (κ1) is 21.2. The van der Waals surface area contributed by atoms with E-state index in [0.29, 0.717) is 12.1 Å². The molecule has 1 aromatic rings. The summed E-state index contributed by atoms with van der Waals surface area (Å²) in [5, 5.41) is 11.0. The van der Waals surface area contributed by atoms with Crippen LogP contribution < -0.4 is 10.1 Å². The van der Waals surface area contributed by atoms with Gasteiger partial charge in [0.1, 0.15) is 10.7 Å². The van der Waals surface area contributed by atoms with Crippen molar-refractivity contribution in [3.8, 4) is 5.88 Å². The molecule has 29 heavy (non-hydrogen) atoms. The second-order valence-corrected chi connectivity index (χ2v) is 7.42. The number of nitrogens with one attached hydrogen (secondary N) is 2. The Hall–Kier alpha value is -2.55. The Morgan fingerprint density at radius 3 is 2.83 bits per heavy atom. The summed E-state index contributed by atoms with van der Waals surface area (Å²) in [5.41, 5.74) is -0.488. The molecule has 3 rings (SSSR count). The van der Waals surface area contributed by atoms with Gasteiger partial charge in [0.2, 0.25) is 11.8 Å². The van der Waals surface area contributed by atoms with Gasteiger partial charge in [0.25, 0.3) is 12.3 Å². The van der Waals surface area contributed by atoms with E-state index >= 15 is 0 Å². The number of hydrogen-bond donors (Lipinski definition) is 2. The van der Waals surface area contributed by atoms with E-state index in [4.69, 9.17) is 21.7 Å². The number of hydrogen-bond acceptors (Lipinski definition) is 5. The molecule has 7 nitrogen and oxygen atoms in total. The molecule has 1 saturated heterocycles. The van der Waals surface area contributed by atoms with Crippen LogP contribution in [-0.4, -0.2) is 53.5 Å². The maximum Gasteiger partial charge on any atom is 0.272 e. The molecule has 10 heteroatoms. The van der Waals surface area contributed by atoms with E-state index in [0.717, 1.165) is 0 Å². The minimum Gasteiger partial charge on any atom is -0.471 e. The highest BCUT2D eigenvalue weighted by atomic mass is 35.5. The maximum absolute atomic E-state index is 12.9. The van der Waals surface area contributed by atoms with Crippen molar-refractivity contribution in [3.63, 3.8) is 0 Å². The summed E-state index contributed by atoms with van der Waals surface area (Å²) in [6, 6.07) is 1.07. The van der Waals surface area contributed by atoms with Gasteiger partial charge in [0.05, 0.1) is 17.4 Å². The Balaban J connectivity index is 1.78. The Labute approximate surface area is 171 Å². The van der Waals surface area contributed by atoms with Gasteiger partial charge in [-0.15, -0.1) is 0 Å². The minimum absolute atomic E-state index is 0.0625. The first-order chi connectivity index (χ1) is 13.7. The Morgan fingerprint density at radius 1 is 1.55 bits per heavy atom. The van der Waals surface area contributed by atoms with Crippen molar-refractivity contribution in [2.45, 2.75) is 26.3 Å². The number of aromatic nitrogens is 1. The molecule has 1 aromatic heterocycles. The number of fused-ring (bicyclic) bond motifs is 1. The van der Waals surface area contributed by atoms with Crippen LogP contribution in [0.25, 0.3) is 0 Å². The predicted molar refractivity (Wildman–Crippen MR) is 102 cm³/mol. The minimum atomic E-state index is -2.65. The van der Waals surface area contributed by atoms with Crippen LogP contribution in [0.4, 0.5) is 8.78 Å². The molecule has 3 atom stereocenters. The third-order valence-corrected chi connectivity index (χ3v) is 5.55. The fourth-order valence-electron chi connectivity index (χ4n) is 3.62. The number of rotatable bonds is 8. The average molecular weight is 427 g/mol. The van der Waals surface area contributed by atoms with E-state index in [2.05, 4.69) is 10.3 Å². The molecule has 0 saturated carbocycles. The lowest BCUT2D eigenvalue weighted by Gasteiger charge is -2.35. The smallest absolute Gasteiger partial charge is 0.272 e. The number of nitrogens with zero attached hydrogens (tertiary/aromatic N) is 2. The lowest BCUT2D eigenvalue weighted by Crippen LogP contribution is -2.49. The zero-order valence-corrected chi connectivity index (χ0v) is 16.7. The highest BCUT2D eigenvalue weighted by molar-refractivity contribution is 6.41. The van der Waals surface area contributed by atoms with Gasteiger partial charge in [-0.05, 0) is 25.5 Å². The van der Waals surface area contributed by atoms with Crippen molar-refractivity contribution >= 4 is 29.1 Å². The zero-order valence-electron chi connectivity index (χ0n) is 15.9. The molecule has 1 fully saturated rings. The predicted octanol–water partition coefficient (Wildman–Crippen LogP) is 2.61. The van der Waals surface area contributed by atoms with Crippen molar-refractivity contribution in [2.24, 2.45) is 11.3 Å². The monoisotopic (exact) mass is 426 g/mol. The number of ether oxygens (including phenoxy) is 1. The largest absolute Gasteiger partial charge is 0.471 e. The third-order valence-electron chi connectivity index (χ3n) is 5.28. The van der Waals surface area contributed by atoms with Gasteiger partial charge >= 0.3 is 0 Å². The topological polar surface area (TPSA) is 95.4 Å². The van der Waals surface area contributed by atoms with Gasteiger partial charge in [-0.3, -0.25) is 15.0 Å². The highest BCUT2D eigenvalue weighted by Gasteiger charge is 2.59. The summed E-state index contributed by atoms with van der Waals surface area (Å²) in [6.07, 6.45) is 2.20. The highest BCUT2D eigenvalue weighted by Crippen LogP contribution is 2.49. The number of halogens is 3. The number of pyridine rings is 1. The number of likely N-dealkylation sites (tertiary alicyclic amines) is 1. The molecule has 1 aliphatic carbocycles. The van der Waals surface area contributed by atoms with Crippen LogP contribution in [0.2, 0.25) is 5.02 Å². The maximum atomic E-state index is 12.9. The van der Waals surface area contributed by atoms with Gasteiger partial charge in [-0.25, -0.2) is 13.8 Å². The third kappa shape index (κ3) is 3.71. The fraction of sp³-hybridized carbons (Fsp3) is 0.474. The van der Waals surface area contributed by atoms with Crippen molar-refractivity contribution in [1.82, 2.24) is 15.2 Å². The SMILES string of the molecule is CCNC(=O)C(=N)[C@]12C=CC1C(=O)N(C(C)c1cnc(OCC(F)F)c(Cl)c1)C2. The molecule has 2 aliphatic rings. The Bertz CT molecular complexity index is 879. The lowest BCUT2D eigenvalue weighted by molar-refractivity contribution is -0.131. The fourth-order valence-corrected chi connectivity index (χ4v) is 3.85. The quantitative estimate of drug-likeness (QED) is 0.493. The molecule has 2 unspecified atom stereocenters. The molecule has 0 aromatic carbocycles. The van der Waals surface area contributed by atoms with Gasteiger partial charge in [-0.2, -0.15) is 0 Å². The van der Waals surface area contributed by atoms with E-state index < -0.39 is 36.3 Å². The molecule has 2 amide bonds. The average Bonchev–Trinajstić information content (AvgIpc) is 2.85. The van der Waals surface area contributed by atoms with Gasteiger partial charge in [0.15, 0.2) is 6.61 Å². The Morgan fingerprint density at radius 2 is 2.28 bits per heavy atom. The zero-order chi connectivity index (χ0) is 21.3. The first-order valence-corrected chi connectivity index (χ1v) is 9.52. The van der Waals surface area contributed by atoms with Crippen molar-refractivity contribution in [1.29, 1.82) is 5.41 Å². The number of alkyl halides is 2. The number of carbonyl (C=O) groups excluding carboxylic acids is 2. The molecule has 2 heterocycles. The standard InChI is InChI=1S/C19H21ClF2N4O3/c1-3-24-16(27)15(23)19-5-4-12(19)18(28)26(9-19)10(2)11-6-13(20)17(25-7-11)29-8-14(21)22/h4-7,10,12,14,23H,3,8-9H2,1-2H3,(H,24,27)/t10?,12?,19-/m0/s1. The number of carbonyl (C=O) groups is 2. The molecule has 1 aliphatic heterocycles. The second kappa shape index (κ2) is 8.06. The summed E-state index contributed by atoms with van der Waals surface area (Å²) < 4.78 is 29.5. The molecule has 0 radical (unpaired) electrons. The van der Waals surface area contributed by atoms with Crippen LogP contribution in [0.5, 0.6) is 5.88 Å². The van der Waals surface area contributed by atoms with E-state index in [-0.39, 0.29) is 29.1 Å². The van der Waals surface area contributed by atoms with Gasteiger partial charge in [-0.1, -0.05) is 23.8 Å². The molecule has 0 bridgehead atoms. The summed E-state index contributed by atoms with van der Waals surface area (Å²) >= 11 is 6.09. The molecule has 156 valence electrons. The van der Waals surface area contributed by atoms with E-state index in [1.54, 1.807) is 30.9 Å².